The summed E-state index contributed by atoms with van der Waals surface area (Å²) in [6, 6.07) is 4.16. The molecule has 2 N–H and O–H groups in total. The SMILES string of the molecule is CNc1nsnc1NCCSCc1ccc(CCN(C)C)o1. The van der Waals surface area contributed by atoms with Gasteiger partial charge < -0.3 is 20.0 Å². The molecule has 0 saturated heterocycles. The van der Waals surface area contributed by atoms with E-state index in [0.717, 1.165) is 54.2 Å². The van der Waals surface area contributed by atoms with Crippen LogP contribution in [0, 0.1) is 0 Å². The molecule has 22 heavy (non-hydrogen) atoms. The summed E-state index contributed by atoms with van der Waals surface area (Å²) >= 11 is 3.06. The van der Waals surface area contributed by atoms with Gasteiger partial charge in [-0.15, -0.1) is 0 Å². The van der Waals surface area contributed by atoms with Crippen LogP contribution in [0.2, 0.25) is 0 Å². The summed E-state index contributed by atoms with van der Waals surface area (Å²) in [5, 5.41) is 6.30. The number of nitrogens with one attached hydrogen (secondary N) is 2. The number of hydrogen-bond acceptors (Lipinski definition) is 8. The molecule has 0 aromatic carbocycles. The van der Waals surface area contributed by atoms with Crippen LogP contribution in [0.5, 0.6) is 0 Å². The van der Waals surface area contributed by atoms with Crippen LogP contribution in [-0.4, -0.2) is 53.6 Å². The van der Waals surface area contributed by atoms with Gasteiger partial charge in [-0.25, -0.2) is 0 Å². The van der Waals surface area contributed by atoms with Crippen molar-refractivity contribution in [2.75, 3.05) is 50.6 Å². The van der Waals surface area contributed by atoms with Gasteiger partial charge in [0.2, 0.25) is 0 Å². The molecule has 0 aliphatic heterocycles. The number of aromatic nitrogens is 2. The summed E-state index contributed by atoms with van der Waals surface area (Å²) in [7, 11) is 6.00. The smallest absolute Gasteiger partial charge is 0.184 e. The Balaban J connectivity index is 1.62. The first-order valence-electron chi connectivity index (χ1n) is 7.23. The van der Waals surface area contributed by atoms with E-state index >= 15 is 0 Å². The third-order valence-electron chi connectivity index (χ3n) is 3.03. The van der Waals surface area contributed by atoms with Gasteiger partial charge in [0.25, 0.3) is 0 Å². The lowest BCUT2D eigenvalue weighted by Crippen LogP contribution is -2.14. The maximum atomic E-state index is 5.82. The zero-order valence-electron chi connectivity index (χ0n) is 13.3. The molecule has 0 atom stereocenters. The first kappa shape index (κ1) is 17.1. The first-order valence-corrected chi connectivity index (χ1v) is 9.11. The van der Waals surface area contributed by atoms with Crippen molar-refractivity contribution in [2.24, 2.45) is 0 Å². The normalized spacial score (nSPS) is 11.1. The molecule has 2 aromatic rings. The lowest BCUT2D eigenvalue weighted by Gasteiger charge is -2.06. The van der Waals surface area contributed by atoms with Crippen LogP contribution >= 0.6 is 23.5 Å². The maximum absolute atomic E-state index is 5.82. The zero-order valence-corrected chi connectivity index (χ0v) is 14.9. The molecule has 0 unspecified atom stereocenters. The monoisotopic (exact) mass is 341 g/mol. The minimum atomic E-state index is 0.812. The summed E-state index contributed by atoms with van der Waals surface area (Å²) < 4.78 is 14.2. The molecule has 0 saturated carbocycles. The van der Waals surface area contributed by atoms with Crippen LogP contribution in [0.15, 0.2) is 16.5 Å². The Kier molecular flexibility index (Phi) is 7.01. The van der Waals surface area contributed by atoms with Crippen molar-refractivity contribution in [3.63, 3.8) is 0 Å². The van der Waals surface area contributed by atoms with Gasteiger partial charge in [-0.05, 0) is 26.2 Å². The highest BCUT2D eigenvalue weighted by atomic mass is 32.2. The first-order chi connectivity index (χ1) is 10.7. The highest BCUT2D eigenvalue weighted by molar-refractivity contribution is 7.98. The van der Waals surface area contributed by atoms with Crippen molar-refractivity contribution < 1.29 is 4.42 Å². The maximum Gasteiger partial charge on any atom is 0.184 e. The molecule has 122 valence electrons. The molecule has 0 fully saturated rings. The average Bonchev–Trinajstić information content (AvgIpc) is 3.13. The molecule has 0 bridgehead atoms. The van der Waals surface area contributed by atoms with Crippen LogP contribution in [0.4, 0.5) is 11.6 Å². The van der Waals surface area contributed by atoms with Gasteiger partial charge in [0.15, 0.2) is 11.6 Å². The predicted octanol–water partition coefficient (Wildman–Crippen LogP) is 2.62. The standard InChI is InChI=1S/C14H23N5OS2/c1-15-13-14(18-22-17-13)16-7-9-21-10-12-5-4-11(20-12)6-8-19(2)3/h4-5H,6-10H2,1-3H3,(H,15,17)(H,16,18). The number of nitrogens with zero attached hydrogens (tertiary/aromatic N) is 3. The van der Waals surface area contributed by atoms with Gasteiger partial charge in [0.05, 0.1) is 17.5 Å². The summed E-state index contributed by atoms with van der Waals surface area (Å²) in [4.78, 5) is 2.16. The van der Waals surface area contributed by atoms with Crippen LogP contribution in [0.3, 0.4) is 0 Å². The number of likely N-dealkylation sites (N-methyl/N-ethyl adjacent to an activating group) is 1. The van der Waals surface area contributed by atoms with Crippen LogP contribution in [0.25, 0.3) is 0 Å². The predicted molar refractivity (Wildman–Crippen MR) is 95.1 cm³/mol. The largest absolute Gasteiger partial charge is 0.465 e. The molecule has 0 spiro atoms. The van der Waals surface area contributed by atoms with Crippen molar-refractivity contribution in [3.8, 4) is 0 Å². The van der Waals surface area contributed by atoms with E-state index in [-0.39, 0.29) is 0 Å². The van der Waals surface area contributed by atoms with E-state index in [1.807, 2.05) is 18.8 Å². The van der Waals surface area contributed by atoms with E-state index < -0.39 is 0 Å². The Labute approximate surface area is 140 Å². The van der Waals surface area contributed by atoms with Gasteiger partial charge in [0.1, 0.15) is 11.5 Å². The molecule has 2 heterocycles. The Hall–Kier alpha value is -1.25. The fraction of sp³-hybridized carbons (Fsp3) is 0.571. The molecule has 0 amide bonds. The van der Waals surface area contributed by atoms with E-state index in [0.29, 0.717) is 0 Å². The average molecular weight is 342 g/mol. The third kappa shape index (κ3) is 5.51. The number of thioether (sulfide) groups is 1. The van der Waals surface area contributed by atoms with Crippen LogP contribution in [0.1, 0.15) is 11.5 Å². The van der Waals surface area contributed by atoms with E-state index in [2.05, 4.69) is 50.5 Å². The van der Waals surface area contributed by atoms with E-state index in [1.165, 1.54) is 11.7 Å². The molecule has 0 radical (unpaired) electrons. The zero-order chi connectivity index (χ0) is 15.8. The van der Waals surface area contributed by atoms with Crippen molar-refractivity contribution in [1.29, 1.82) is 0 Å². The van der Waals surface area contributed by atoms with Crippen LogP contribution < -0.4 is 10.6 Å². The number of hydrogen-bond donors (Lipinski definition) is 2. The van der Waals surface area contributed by atoms with Crippen molar-refractivity contribution in [3.05, 3.63) is 23.7 Å². The van der Waals surface area contributed by atoms with Gasteiger partial charge in [0, 0.05) is 32.3 Å². The Bertz CT molecular complexity index is 555. The fourth-order valence-corrected chi connectivity index (χ4v) is 3.13. The van der Waals surface area contributed by atoms with Crippen LogP contribution in [-0.2, 0) is 12.2 Å². The second kappa shape index (κ2) is 9.02. The molecule has 6 nitrogen and oxygen atoms in total. The lowest BCUT2D eigenvalue weighted by molar-refractivity contribution is 0.385. The number of furan rings is 1. The molecule has 0 aliphatic carbocycles. The summed E-state index contributed by atoms with van der Waals surface area (Å²) in [5.41, 5.74) is 0. The Morgan fingerprint density at radius 2 is 2.00 bits per heavy atom. The number of anilines is 2. The molecule has 0 aliphatic rings. The van der Waals surface area contributed by atoms with Gasteiger partial charge in [-0.3, -0.25) is 0 Å². The fourth-order valence-electron chi connectivity index (χ4n) is 1.85. The third-order valence-corrected chi connectivity index (χ3v) is 4.54. The molecular weight excluding hydrogens is 318 g/mol. The Morgan fingerprint density at radius 1 is 1.23 bits per heavy atom. The molecule has 2 aromatic heterocycles. The van der Waals surface area contributed by atoms with Crippen molar-refractivity contribution >= 4 is 35.1 Å². The molecular formula is C14H23N5OS2. The van der Waals surface area contributed by atoms with Gasteiger partial charge in [-0.1, -0.05) is 0 Å². The lowest BCUT2D eigenvalue weighted by atomic mass is 10.3. The minimum Gasteiger partial charge on any atom is -0.465 e. The molecule has 8 heteroatoms. The van der Waals surface area contributed by atoms with E-state index in [9.17, 15) is 0 Å². The topological polar surface area (TPSA) is 66.2 Å². The van der Waals surface area contributed by atoms with E-state index in [1.54, 1.807) is 0 Å². The highest BCUT2D eigenvalue weighted by Gasteiger charge is 2.05. The number of rotatable bonds is 10. The van der Waals surface area contributed by atoms with Crippen molar-refractivity contribution in [1.82, 2.24) is 13.6 Å². The molecule has 2 rings (SSSR count). The summed E-state index contributed by atoms with van der Waals surface area (Å²) in [6.45, 7) is 1.87. The van der Waals surface area contributed by atoms with E-state index in [4.69, 9.17) is 4.42 Å². The van der Waals surface area contributed by atoms with Gasteiger partial charge >= 0.3 is 0 Å². The quantitative estimate of drug-likeness (QED) is 0.644. The highest BCUT2D eigenvalue weighted by Crippen LogP contribution is 2.18. The summed E-state index contributed by atoms with van der Waals surface area (Å²) in [5.74, 6) is 5.65. The minimum absolute atomic E-state index is 0.812. The summed E-state index contributed by atoms with van der Waals surface area (Å²) in [6.07, 6.45) is 0.961. The van der Waals surface area contributed by atoms with Gasteiger partial charge in [-0.2, -0.15) is 20.5 Å². The second-order valence-corrected chi connectivity index (χ2v) is 6.75. The van der Waals surface area contributed by atoms with Crippen molar-refractivity contribution in [2.45, 2.75) is 12.2 Å². The Morgan fingerprint density at radius 3 is 2.77 bits per heavy atom. The second-order valence-electron chi connectivity index (χ2n) is 5.11.